The van der Waals surface area contributed by atoms with E-state index in [1.54, 1.807) is 0 Å². The maximum atomic E-state index is 13.5. The van der Waals surface area contributed by atoms with Gasteiger partial charge in [0.1, 0.15) is 11.9 Å². The van der Waals surface area contributed by atoms with E-state index in [9.17, 15) is 22.4 Å². The number of benzene rings is 1. The number of halogens is 4. The van der Waals surface area contributed by atoms with Crippen molar-refractivity contribution in [2.75, 3.05) is 0 Å². The zero-order chi connectivity index (χ0) is 21.7. The maximum absolute atomic E-state index is 13.5. The average Bonchev–Trinajstić information content (AvgIpc) is 2.67. The Hall–Kier alpha value is -1.59. The fourth-order valence-corrected chi connectivity index (χ4v) is 3.30. The van der Waals surface area contributed by atoms with Crippen molar-refractivity contribution in [3.8, 4) is 0 Å². The highest BCUT2D eigenvalue weighted by Crippen LogP contribution is 2.32. The van der Waals surface area contributed by atoms with Gasteiger partial charge >= 0.3 is 12.1 Å². The SMILES string of the molecule is CCCCCCCCC(CCCCCC)OC(=O)c1ccc(F)c(C(F)(F)F)c1. The fraction of sp³-hybridized carbons (Fsp3) is 0.696. The first-order valence-electron chi connectivity index (χ1n) is 10.9. The standard InChI is InChI=1S/C23H34F4O2/c1-3-5-7-9-10-12-14-19(13-11-8-6-4-2)29-22(28)18-15-16-21(24)20(17-18)23(25,26)27/h15-17,19H,3-14H2,1-2H3. The molecule has 0 amide bonds. The van der Waals surface area contributed by atoms with Crippen molar-refractivity contribution in [2.45, 2.75) is 103 Å². The Morgan fingerprint density at radius 3 is 1.97 bits per heavy atom. The van der Waals surface area contributed by atoms with Crippen molar-refractivity contribution in [2.24, 2.45) is 0 Å². The van der Waals surface area contributed by atoms with Gasteiger partial charge in [-0.1, -0.05) is 65.2 Å². The van der Waals surface area contributed by atoms with Gasteiger partial charge in [0.25, 0.3) is 0 Å². The molecule has 1 aromatic carbocycles. The van der Waals surface area contributed by atoms with Gasteiger partial charge in [0.15, 0.2) is 0 Å². The molecule has 0 aliphatic heterocycles. The van der Waals surface area contributed by atoms with E-state index in [-0.39, 0.29) is 11.7 Å². The minimum Gasteiger partial charge on any atom is -0.459 e. The molecule has 0 bridgehead atoms. The van der Waals surface area contributed by atoms with Crippen molar-refractivity contribution in [1.29, 1.82) is 0 Å². The molecule has 0 radical (unpaired) electrons. The average molecular weight is 419 g/mol. The molecule has 0 fully saturated rings. The summed E-state index contributed by atoms with van der Waals surface area (Å²) in [5.41, 5.74) is -1.71. The molecule has 0 aromatic heterocycles. The van der Waals surface area contributed by atoms with Crippen molar-refractivity contribution >= 4 is 5.97 Å². The molecule has 1 atom stereocenters. The zero-order valence-electron chi connectivity index (χ0n) is 17.6. The Morgan fingerprint density at radius 2 is 1.41 bits per heavy atom. The summed E-state index contributed by atoms with van der Waals surface area (Å²) in [7, 11) is 0. The fourth-order valence-electron chi connectivity index (χ4n) is 3.30. The van der Waals surface area contributed by atoms with Crippen molar-refractivity contribution in [1.82, 2.24) is 0 Å². The summed E-state index contributed by atoms with van der Waals surface area (Å²) in [5.74, 6) is -2.21. The number of hydrogen-bond acceptors (Lipinski definition) is 2. The second-order valence-electron chi connectivity index (χ2n) is 7.63. The minimum atomic E-state index is -4.85. The summed E-state index contributed by atoms with van der Waals surface area (Å²) in [6.45, 7) is 4.27. The number of hydrogen-bond donors (Lipinski definition) is 0. The van der Waals surface area contributed by atoms with Crippen LogP contribution in [0.25, 0.3) is 0 Å². The van der Waals surface area contributed by atoms with Crippen molar-refractivity contribution in [3.05, 3.63) is 35.1 Å². The predicted molar refractivity (Wildman–Crippen MR) is 107 cm³/mol. The quantitative estimate of drug-likeness (QED) is 0.173. The summed E-state index contributed by atoms with van der Waals surface area (Å²) >= 11 is 0. The molecule has 0 aliphatic carbocycles. The number of carbonyl (C=O) groups excluding carboxylic acids is 1. The topological polar surface area (TPSA) is 26.3 Å². The summed E-state index contributed by atoms with van der Waals surface area (Å²) in [4.78, 5) is 12.4. The molecule has 166 valence electrons. The van der Waals surface area contributed by atoms with E-state index < -0.39 is 23.5 Å². The Labute approximate surface area is 172 Å². The van der Waals surface area contributed by atoms with E-state index in [4.69, 9.17) is 4.74 Å². The first-order valence-corrected chi connectivity index (χ1v) is 10.9. The molecular formula is C23H34F4O2. The van der Waals surface area contributed by atoms with Crippen LogP contribution in [-0.4, -0.2) is 12.1 Å². The lowest BCUT2D eigenvalue weighted by atomic mass is 10.0. The Bertz CT molecular complexity index is 599. The second-order valence-corrected chi connectivity index (χ2v) is 7.63. The van der Waals surface area contributed by atoms with Crippen LogP contribution >= 0.6 is 0 Å². The lowest BCUT2D eigenvalue weighted by Gasteiger charge is -2.19. The molecule has 1 aromatic rings. The molecule has 2 nitrogen and oxygen atoms in total. The van der Waals surface area contributed by atoms with E-state index in [1.165, 1.54) is 19.3 Å². The normalized spacial score (nSPS) is 12.8. The molecule has 0 spiro atoms. The summed E-state index contributed by atoms with van der Waals surface area (Å²) in [6, 6.07) is 2.26. The van der Waals surface area contributed by atoms with Gasteiger partial charge in [0, 0.05) is 0 Å². The maximum Gasteiger partial charge on any atom is 0.419 e. The van der Waals surface area contributed by atoms with E-state index in [2.05, 4.69) is 13.8 Å². The Morgan fingerprint density at radius 1 is 0.897 bits per heavy atom. The van der Waals surface area contributed by atoms with E-state index in [1.807, 2.05) is 0 Å². The lowest BCUT2D eigenvalue weighted by molar-refractivity contribution is -0.140. The smallest absolute Gasteiger partial charge is 0.419 e. The number of alkyl halides is 3. The van der Waals surface area contributed by atoms with Crippen LogP contribution in [0.2, 0.25) is 0 Å². The molecule has 0 saturated heterocycles. The van der Waals surface area contributed by atoms with Gasteiger partial charge in [-0.2, -0.15) is 13.2 Å². The van der Waals surface area contributed by atoms with Gasteiger partial charge in [-0.3, -0.25) is 0 Å². The van der Waals surface area contributed by atoms with Crippen LogP contribution in [-0.2, 0) is 10.9 Å². The van der Waals surface area contributed by atoms with Crippen LogP contribution in [0.3, 0.4) is 0 Å². The third-order valence-corrected chi connectivity index (χ3v) is 5.04. The predicted octanol–water partition coefficient (Wildman–Crippen LogP) is 8.09. The molecule has 0 saturated carbocycles. The van der Waals surface area contributed by atoms with Gasteiger partial charge in [0.2, 0.25) is 0 Å². The van der Waals surface area contributed by atoms with Gasteiger partial charge in [-0.05, 0) is 43.9 Å². The van der Waals surface area contributed by atoms with Crippen LogP contribution in [0.5, 0.6) is 0 Å². The van der Waals surface area contributed by atoms with Crippen LogP contribution in [0.1, 0.15) is 107 Å². The van der Waals surface area contributed by atoms with Crippen LogP contribution < -0.4 is 0 Å². The molecule has 0 heterocycles. The third-order valence-electron chi connectivity index (χ3n) is 5.04. The summed E-state index contributed by atoms with van der Waals surface area (Å²) in [5, 5.41) is 0. The van der Waals surface area contributed by atoms with E-state index in [0.717, 1.165) is 51.0 Å². The highest BCUT2D eigenvalue weighted by molar-refractivity contribution is 5.89. The van der Waals surface area contributed by atoms with Crippen molar-refractivity contribution < 1.29 is 27.1 Å². The zero-order valence-corrected chi connectivity index (χ0v) is 17.6. The number of esters is 1. The summed E-state index contributed by atoms with van der Waals surface area (Å²) < 4.78 is 57.7. The van der Waals surface area contributed by atoms with E-state index in [0.29, 0.717) is 25.0 Å². The van der Waals surface area contributed by atoms with Crippen LogP contribution in [0.15, 0.2) is 18.2 Å². The van der Waals surface area contributed by atoms with Crippen molar-refractivity contribution in [3.63, 3.8) is 0 Å². The molecule has 6 heteroatoms. The highest BCUT2D eigenvalue weighted by Gasteiger charge is 2.35. The van der Waals surface area contributed by atoms with Crippen LogP contribution in [0, 0.1) is 5.82 Å². The molecular weight excluding hydrogens is 384 g/mol. The second kappa shape index (κ2) is 13.6. The lowest BCUT2D eigenvalue weighted by Crippen LogP contribution is -2.19. The Balaban J connectivity index is 2.68. The monoisotopic (exact) mass is 418 g/mol. The van der Waals surface area contributed by atoms with Gasteiger partial charge in [-0.25, -0.2) is 9.18 Å². The van der Waals surface area contributed by atoms with Gasteiger partial charge in [0.05, 0.1) is 11.1 Å². The molecule has 1 unspecified atom stereocenters. The van der Waals surface area contributed by atoms with Gasteiger partial charge in [-0.15, -0.1) is 0 Å². The molecule has 29 heavy (non-hydrogen) atoms. The Kier molecular flexibility index (Phi) is 11.9. The molecule has 0 N–H and O–H groups in total. The number of ether oxygens (including phenoxy) is 1. The van der Waals surface area contributed by atoms with E-state index >= 15 is 0 Å². The molecule has 1 rings (SSSR count). The highest BCUT2D eigenvalue weighted by atomic mass is 19.4. The number of unbranched alkanes of at least 4 members (excludes halogenated alkanes) is 8. The first kappa shape index (κ1) is 25.4. The third kappa shape index (κ3) is 10.1. The molecule has 0 aliphatic rings. The largest absolute Gasteiger partial charge is 0.459 e. The number of carbonyl (C=O) groups is 1. The van der Waals surface area contributed by atoms with Gasteiger partial charge < -0.3 is 4.74 Å². The minimum absolute atomic E-state index is 0.264. The summed E-state index contributed by atoms with van der Waals surface area (Å²) in [6.07, 6.45) is 7.08. The number of rotatable bonds is 14. The first-order chi connectivity index (χ1) is 13.8. The van der Waals surface area contributed by atoms with Crippen LogP contribution in [0.4, 0.5) is 17.6 Å².